The summed E-state index contributed by atoms with van der Waals surface area (Å²) in [5.41, 5.74) is -0.182. The van der Waals surface area contributed by atoms with Crippen LogP contribution in [0.4, 0.5) is 0 Å². The zero-order valence-electron chi connectivity index (χ0n) is 6.94. The average molecular weight is 184 g/mol. The molecular formula is C8H8O5. The van der Waals surface area contributed by atoms with Gasteiger partial charge in [0.1, 0.15) is 5.56 Å². The van der Waals surface area contributed by atoms with Gasteiger partial charge in [0.05, 0.1) is 12.9 Å². The predicted octanol–water partition coefficient (Wildman–Crippen LogP) is 0.731. The molecule has 1 N–H and O–H groups in total. The Morgan fingerprint density at radius 3 is 2.77 bits per heavy atom. The molecule has 0 spiro atoms. The number of rotatable bonds is 3. The maximum atomic E-state index is 11.1. The number of hydrogen-bond donors (Lipinski definition) is 1. The van der Waals surface area contributed by atoms with E-state index in [0.717, 1.165) is 6.26 Å². The largest absolute Gasteiger partial charge is 0.480 e. The lowest BCUT2D eigenvalue weighted by atomic mass is 10.2. The second-order valence-electron chi connectivity index (χ2n) is 2.19. The first-order valence-corrected chi connectivity index (χ1v) is 3.64. The summed E-state index contributed by atoms with van der Waals surface area (Å²) in [6.45, 7) is 1.70. The third-order valence-corrected chi connectivity index (χ3v) is 1.35. The highest BCUT2D eigenvalue weighted by molar-refractivity contribution is 6.41. The number of carbonyl (C=O) groups excluding carboxylic acids is 2. The van der Waals surface area contributed by atoms with E-state index in [2.05, 4.69) is 9.15 Å². The summed E-state index contributed by atoms with van der Waals surface area (Å²) in [6.07, 6.45) is 1.11. The van der Waals surface area contributed by atoms with Crippen LogP contribution in [0.3, 0.4) is 0 Å². The minimum absolute atomic E-state index is 0.114. The van der Waals surface area contributed by atoms with Crippen LogP contribution in [0, 0.1) is 0 Å². The average Bonchev–Trinajstić information content (AvgIpc) is 2.50. The van der Waals surface area contributed by atoms with E-state index in [9.17, 15) is 9.59 Å². The van der Waals surface area contributed by atoms with Crippen LogP contribution in [0.1, 0.15) is 17.3 Å². The molecule has 0 aliphatic carbocycles. The van der Waals surface area contributed by atoms with Crippen molar-refractivity contribution >= 4 is 11.8 Å². The van der Waals surface area contributed by atoms with Crippen LogP contribution in [0.2, 0.25) is 0 Å². The Hall–Kier alpha value is -1.78. The van der Waals surface area contributed by atoms with Crippen LogP contribution >= 0.6 is 0 Å². The van der Waals surface area contributed by atoms with Crippen LogP contribution < -0.4 is 0 Å². The molecule has 13 heavy (non-hydrogen) atoms. The Balaban J connectivity index is 2.80. The number of furan rings is 1. The zero-order chi connectivity index (χ0) is 9.84. The molecule has 1 aromatic rings. The van der Waals surface area contributed by atoms with Gasteiger partial charge in [-0.05, 0) is 13.0 Å². The van der Waals surface area contributed by atoms with Crippen molar-refractivity contribution in [3.8, 4) is 5.95 Å². The summed E-state index contributed by atoms with van der Waals surface area (Å²) in [6, 6.07) is 1.20. The molecular weight excluding hydrogens is 176 g/mol. The fourth-order valence-electron chi connectivity index (χ4n) is 0.781. The van der Waals surface area contributed by atoms with E-state index >= 15 is 0 Å². The van der Waals surface area contributed by atoms with Gasteiger partial charge >= 0.3 is 5.97 Å². The maximum absolute atomic E-state index is 11.1. The molecule has 0 amide bonds. The first-order chi connectivity index (χ1) is 6.16. The minimum atomic E-state index is -1.00. The normalized spacial score (nSPS) is 9.62. The number of hydrogen-bond acceptors (Lipinski definition) is 5. The van der Waals surface area contributed by atoms with Crippen LogP contribution in [0.15, 0.2) is 16.7 Å². The number of aromatic hydroxyl groups is 1. The Morgan fingerprint density at radius 1 is 1.62 bits per heavy atom. The number of Topliss-reactive ketones (excluding diaryl/α,β-unsaturated/α-hetero) is 1. The lowest BCUT2D eigenvalue weighted by molar-refractivity contribution is -0.137. The highest BCUT2D eigenvalue weighted by atomic mass is 16.5. The topological polar surface area (TPSA) is 76.7 Å². The SMILES string of the molecule is CCOC(=O)C(=O)c1ccoc1O. The first kappa shape index (κ1) is 9.31. The first-order valence-electron chi connectivity index (χ1n) is 3.64. The smallest absolute Gasteiger partial charge is 0.379 e. The van der Waals surface area contributed by atoms with Crippen molar-refractivity contribution in [3.63, 3.8) is 0 Å². The molecule has 1 aromatic heterocycles. The molecule has 0 aliphatic heterocycles. The molecule has 0 fully saturated rings. The maximum Gasteiger partial charge on any atom is 0.379 e. The second kappa shape index (κ2) is 3.75. The zero-order valence-corrected chi connectivity index (χ0v) is 6.94. The van der Waals surface area contributed by atoms with Gasteiger partial charge in [-0.2, -0.15) is 0 Å². The molecule has 1 rings (SSSR count). The van der Waals surface area contributed by atoms with Gasteiger partial charge in [0.15, 0.2) is 0 Å². The molecule has 1 heterocycles. The predicted molar refractivity (Wildman–Crippen MR) is 41.3 cm³/mol. The molecule has 0 aromatic carbocycles. The van der Waals surface area contributed by atoms with Crippen molar-refractivity contribution in [2.24, 2.45) is 0 Å². The fraction of sp³-hybridized carbons (Fsp3) is 0.250. The molecule has 0 atom stereocenters. The molecule has 0 saturated carbocycles. The van der Waals surface area contributed by atoms with Gasteiger partial charge in [0.2, 0.25) is 0 Å². The van der Waals surface area contributed by atoms with Crippen molar-refractivity contribution in [2.75, 3.05) is 6.61 Å². The summed E-state index contributed by atoms with van der Waals surface area (Å²) < 4.78 is 8.88. The molecule has 0 aliphatic rings. The van der Waals surface area contributed by atoms with E-state index in [1.165, 1.54) is 6.07 Å². The van der Waals surface area contributed by atoms with E-state index in [4.69, 9.17) is 5.11 Å². The van der Waals surface area contributed by atoms with Crippen LogP contribution in [0.5, 0.6) is 5.95 Å². The third-order valence-electron chi connectivity index (χ3n) is 1.35. The van der Waals surface area contributed by atoms with Gasteiger partial charge in [-0.15, -0.1) is 0 Å². The lowest BCUT2D eigenvalue weighted by Crippen LogP contribution is -2.16. The standard InChI is InChI=1S/C8H8O5/c1-2-12-8(11)6(9)5-3-4-13-7(5)10/h3-4,10H,2H2,1H3. The van der Waals surface area contributed by atoms with Gasteiger partial charge in [-0.25, -0.2) is 4.79 Å². The Morgan fingerprint density at radius 2 is 2.31 bits per heavy atom. The van der Waals surface area contributed by atoms with E-state index in [-0.39, 0.29) is 12.2 Å². The van der Waals surface area contributed by atoms with Crippen molar-refractivity contribution in [2.45, 2.75) is 6.92 Å². The molecule has 0 unspecified atom stereocenters. The summed E-state index contributed by atoms with van der Waals surface area (Å²) in [7, 11) is 0. The van der Waals surface area contributed by atoms with Crippen molar-refractivity contribution in [1.82, 2.24) is 0 Å². The quantitative estimate of drug-likeness (QED) is 0.425. The van der Waals surface area contributed by atoms with Crippen LogP contribution in [0.25, 0.3) is 0 Å². The van der Waals surface area contributed by atoms with Crippen molar-refractivity contribution < 1.29 is 23.8 Å². The fourth-order valence-corrected chi connectivity index (χ4v) is 0.781. The van der Waals surface area contributed by atoms with E-state index in [0.29, 0.717) is 0 Å². The Labute approximate surface area is 73.9 Å². The molecule has 0 bridgehead atoms. The van der Waals surface area contributed by atoms with Gasteiger partial charge in [-0.3, -0.25) is 4.79 Å². The van der Waals surface area contributed by atoms with E-state index < -0.39 is 17.7 Å². The Bertz CT molecular complexity index is 325. The van der Waals surface area contributed by atoms with Crippen molar-refractivity contribution in [3.05, 3.63) is 17.9 Å². The van der Waals surface area contributed by atoms with E-state index in [1.807, 2.05) is 0 Å². The van der Waals surface area contributed by atoms with E-state index in [1.54, 1.807) is 6.92 Å². The van der Waals surface area contributed by atoms with Crippen LogP contribution in [-0.4, -0.2) is 23.5 Å². The summed E-state index contributed by atoms with van der Waals surface area (Å²) in [5, 5.41) is 8.94. The van der Waals surface area contributed by atoms with Gasteiger partial charge < -0.3 is 14.3 Å². The molecule has 5 nitrogen and oxygen atoms in total. The molecule has 70 valence electrons. The van der Waals surface area contributed by atoms with Crippen LogP contribution in [-0.2, 0) is 9.53 Å². The lowest BCUT2D eigenvalue weighted by Gasteiger charge is -1.97. The number of ketones is 1. The monoisotopic (exact) mass is 184 g/mol. The number of esters is 1. The van der Waals surface area contributed by atoms with Gasteiger partial charge in [0.25, 0.3) is 11.7 Å². The molecule has 0 saturated heterocycles. The highest BCUT2D eigenvalue weighted by Gasteiger charge is 2.22. The number of ether oxygens (including phenoxy) is 1. The van der Waals surface area contributed by atoms with Gasteiger partial charge in [0, 0.05) is 0 Å². The summed E-state index contributed by atoms with van der Waals surface area (Å²) in [5.74, 6) is -2.48. The number of carbonyl (C=O) groups is 2. The second-order valence-corrected chi connectivity index (χ2v) is 2.19. The summed E-state index contributed by atoms with van der Waals surface area (Å²) in [4.78, 5) is 22.0. The Kier molecular flexibility index (Phi) is 2.69. The third kappa shape index (κ3) is 1.87. The van der Waals surface area contributed by atoms with Gasteiger partial charge in [-0.1, -0.05) is 0 Å². The highest BCUT2D eigenvalue weighted by Crippen LogP contribution is 2.18. The minimum Gasteiger partial charge on any atom is -0.480 e. The summed E-state index contributed by atoms with van der Waals surface area (Å²) >= 11 is 0. The van der Waals surface area contributed by atoms with Crippen molar-refractivity contribution in [1.29, 1.82) is 0 Å². The molecule has 0 radical (unpaired) electrons. The molecule has 5 heteroatoms.